The second kappa shape index (κ2) is 5.90. The van der Waals surface area contributed by atoms with Gasteiger partial charge in [-0.1, -0.05) is 6.07 Å². The van der Waals surface area contributed by atoms with Crippen LogP contribution in [0.25, 0.3) is 11.0 Å². The minimum atomic E-state index is -0.516. The van der Waals surface area contributed by atoms with Gasteiger partial charge in [-0.2, -0.15) is 0 Å². The molecular weight excluding hydrogens is 324 g/mol. The maximum atomic E-state index is 12.4. The summed E-state index contributed by atoms with van der Waals surface area (Å²) in [7, 11) is 3.33. The molecule has 1 amide bonds. The van der Waals surface area contributed by atoms with Crippen molar-refractivity contribution < 1.29 is 9.72 Å². The van der Waals surface area contributed by atoms with Gasteiger partial charge in [-0.05, 0) is 31.2 Å². The van der Waals surface area contributed by atoms with Crippen molar-refractivity contribution in [3.8, 4) is 0 Å². The highest BCUT2D eigenvalue weighted by molar-refractivity contribution is 6.05. The third-order valence-electron chi connectivity index (χ3n) is 4.20. The molecule has 0 saturated heterocycles. The zero-order valence-corrected chi connectivity index (χ0v) is 13.9. The Labute approximate surface area is 142 Å². The molecule has 3 aromatic rings. The molecular formula is C17H16N4O4. The van der Waals surface area contributed by atoms with Gasteiger partial charge in [-0.15, -0.1) is 0 Å². The molecule has 0 bridgehead atoms. The van der Waals surface area contributed by atoms with E-state index in [-0.39, 0.29) is 16.9 Å². The highest BCUT2D eigenvalue weighted by Gasteiger charge is 2.16. The van der Waals surface area contributed by atoms with E-state index in [4.69, 9.17) is 0 Å². The number of imidazole rings is 1. The van der Waals surface area contributed by atoms with Gasteiger partial charge >= 0.3 is 5.69 Å². The Hall–Kier alpha value is -3.42. The quantitative estimate of drug-likeness (QED) is 0.584. The smallest absolute Gasteiger partial charge is 0.322 e. The van der Waals surface area contributed by atoms with E-state index in [9.17, 15) is 19.7 Å². The van der Waals surface area contributed by atoms with E-state index in [0.717, 1.165) is 5.52 Å². The number of rotatable bonds is 3. The first-order chi connectivity index (χ1) is 11.8. The van der Waals surface area contributed by atoms with Crippen LogP contribution in [0.4, 0.5) is 11.4 Å². The molecule has 3 rings (SSSR count). The molecule has 1 N–H and O–H groups in total. The topological polar surface area (TPSA) is 99.2 Å². The van der Waals surface area contributed by atoms with Gasteiger partial charge in [0.05, 0.1) is 16.0 Å². The highest BCUT2D eigenvalue weighted by atomic mass is 16.6. The fourth-order valence-electron chi connectivity index (χ4n) is 2.74. The van der Waals surface area contributed by atoms with Crippen molar-refractivity contribution in [1.82, 2.24) is 9.13 Å². The summed E-state index contributed by atoms with van der Waals surface area (Å²) in [5.74, 6) is -0.455. The summed E-state index contributed by atoms with van der Waals surface area (Å²) in [5, 5.41) is 13.7. The number of hydrogen-bond donors (Lipinski definition) is 1. The van der Waals surface area contributed by atoms with Gasteiger partial charge in [0, 0.05) is 37.0 Å². The lowest BCUT2D eigenvalue weighted by Gasteiger charge is -2.07. The lowest BCUT2D eigenvalue weighted by atomic mass is 10.1. The molecule has 1 heterocycles. The van der Waals surface area contributed by atoms with Crippen LogP contribution in [0.1, 0.15) is 15.9 Å². The fourth-order valence-corrected chi connectivity index (χ4v) is 2.74. The van der Waals surface area contributed by atoms with Crippen molar-refractivity contribution in [2.75, 3.05) is 5.32 Å². The van der Waals surface area contributed by atoms with Crippen LogP contribution in [-0.4, -0.2) is 20.0 Å². The number of aryl methyl sites for hydroxylation is 3. The number of hydrogen-bond acceptors (Lipinski definition) is 4. The molecule has 0 aliphatic carbocycles. The second-order valence-electron chi connectivity index (χ2n) is 5.82. The first kappa shape index (κ1) is 16.4. The van der Waals surface area contributed by atoms with Crippen LogP contribution in [0.5, 0.6) is 0 Å². The van der Waals surface area contributed by atoms with Gasteiger partial charge in [0.2, 0.25) is 0 Å². The Kier molecular flexibility index (Phi) is 3.88. The van der Waals surface area contributed by atoms with E-state index >= 15 is 0 Å². The number of nitro groups is 1. The monoisotopic (exact) mass is 340 g/mol. The maximum absolute atomic E-state index is 12.4. The summed E-state index contributed by atoms with van der Waals surface area (Å²) >= 11 is 0. The minimum absolute atomic E-state index is 0.103. The van der Waals surface area contributed by atoms with Crippen LogP contribution in [0.2, 0.25) is 0 Å². The standard InChI is InChI=1S/C17H16N4O4/c1-10-4-5-11(8-14(10)21(24)25)16(22)18-12-6-7-13-15(9-12)20(3)17(23)19(13)2/h4-9H,1-3H3,(H,18,22). The molecule has 0 unspecified atom stereocenters. The number of fused-ring (bicyclic) bond motifs is 1. The molecule has 0 saturated carbocycles. The molecule has 128 valence electrons. The number of carbonyl (C=O) groups is 1. The maximum Gasteiger partial charge on any atom is 0.328 e. The molecule has 8 heteroatoms. The Morgan fingerprint density at radius 3 is 2.44 bits per heavy atom. The number of aromatic nitrogens is 2. The largest absolute Gasteiger partial charge is 0.328 e. The number of nitrogens with one attached hydrogen (secondary N) is 1. The Bertz CT molecular complexity index is 1080. The van der Waals surface area contributed by atoms with Crippen LogP contribution in [0, 0.1) is 17.0 Å². The normalized spacial score (nSPS) is 10.8. The molecule has 0 aliphatic rings. The summed E-state index contributed by atoms with van der Waals surface area (Å²) in [6.45, 7) is 1.61. The number of amides is 1. The summed E-state index contributed by atoms with van der Waals surface area (Å²) in [4.78, 5) is 34.8. The van der Waals surface area contributed by atoms with Crippen LogP contribution in [-0.2, 0) is 14.1 Å². The molecule has 0 radical (unpaired) electrons. The molecule has 0 spiro atoms. The third-order valence-corrected chi connectivity index (χ3v) is 4.20. The lowest BCUT2D eigenvalue weighted by Crippen LogP contribution is -2.19. The van der Waals surface area contributed by atoms with Gasteiger partial charge in [0.25, 0.3) is 11.6 Å². The predicted octanol–water partition coefficient (Wildman–Crippen LogP) is 2.35. The van der Waals surface area contributed by atoms with E-state index in [1.54, 1.807) is 39.2 Å². The fraction of sp³-hybridized carbons (Fsp3) is 0.176. The Balaban J connectivity index is 1.95. The summed E-state index contributed by atoms with van der Waals surface area (Å²) in [6.07, 6.45) is 0. The molecule has 2 aromatic carbocycles. The van der Waals surface area contributed by atoms with Gasteiger partial charge in [-0.3, -0.25) is 24.0 Å². The Morgan fingerprint density at radius 2 is 1.76 bits per heavy atom. The summed E-state index contributed by atoms with van der Waals surface area (Å²) in [5.41, 5.74) is 2.35. The van der Waals surface area contributed by atoms with E-state index in [0.29, 0.717) is 16.8 Å². The van der Waals surface area contributed by atoms with Crippen molar-refractivity contribution in [2.24, 2.45) is 14.1 Å². The van der Waals surface area contributed by atoms with Crippen LogP contribution in [0.15, 0.2) is 41.2 Å². The van der Waals surface area contributed by atoms with E-state index in [1.807, 2.05) is 0 Å². The van der Waals surface area contributed by atoms with Gasteiger partial charge in [0.15, 0.2) is 0 Å². The van der Waals surface area contributed by atoms with Crippen molar-refractivity contribution in [3.63, 3.8) is 0 Å². The van der Waals surface area contributed by atoms with E-state index < -0.39 is 10.8 Å². The van der Waals surface area contributed by atoms with Crippen LogP contribution < -0.4 is 11.0 Å². The van der Waals surface area contributed by atoms with E-state index in [2.05, 4.69) is 5.32 Å². The number of nitro benzene ring substituents is 1. The lowest BCUT2D eigenvalue weighted by molar-refractivity contribution is -0.385. The zero-order valence-electron chi connectivity index (χ0n) is 13.9. The van der Waals surface area contributed by atoms with Crippen molar-refractivity contribution in [1.29, 1.82) is 0 Å². The third kappa shape index (κ3) is 2.78. The van der Waals surface area contributed by atoms with Crippen molar-refractivity contribution in [2.45, 2.75) is 6.92 Å². The average molecular weight is 340 g/mol. The number of nitrogens with zero attached hydrogens (tertiary/aromatic N) is 3. The number of anilines is 1. The first-order valence-corrected chi connectivity index (χ1v) is 7.51. The van der Waals surface area contributed by atoms with Crippen molar-refractivity contribution in [3.05, 3.63) is 68.1 Å². The van der Waals surface area contributed by atoms with Gasteiger partial charge < -0.3 is 5.32 Å². The summed E-state index contributed by atoms with van der Waals surface area (Å²) in [6, 6.07) is 9.44. The van der Waals surface area contributed by atoms with Gasteiger partial charge in [-0.25, -0.2) is 4.79 Å². The van der Waals surface area contributed by atoms with E-state index in [1.165, 1.54) is 27.3 Å². The second-order valence-corrected chi connectivity index (χ2v) is 5.82. The molecule has 0 aliphatic heterocycles. The van der Waals surface area contributed by atoms with Crippen LogP contribution >= 0.6 is 0 Å². The minimum Gasteiger partial charge on any atom is -0.322 e. The molecule has 25 heavy (non-hydrogen) atoms. The molecule has 8 nitrogen and oxygen atoms in total. The average Bonchev–Trinajstić information content (AvgIpc) is 2.79. The SMILES string of the molecule is Cc1ccc(C(=O)Nc2ccc3c(c2)n(C)c(=O)n3C)cc1[N+](=O)[O-]. The number of carbonyl (C=O) groups excluding carboxylic acids is 1. The highest BCUT2D eigenvalue weighted by Crippen LogP contribution is 2.21. The molecule has 1 aromatic heterocycles. The first-order valence-electron chi connectivity index (χ1n) is 7.51. The molecule has 0 fully saturated rings. The predicted molar refractivity (Wildman–Crippen MR) is 93.9 cm³/mol. The summed E-state index contributed by atoms with van der Waals surface area (Å²) < 4.78 is 3.01. The zero-order chi connectivity index (χ0) is 18.3. The van der Waals surface area contributed by atoms with Gasteiger partial charge in [0.1, 0.15) is 0 Å². The number of benzene rings is 2. The molecule has 0 atom stereocenters. The van der Waals surface area contributed by atoms with Crippen LogP contribution in [0.3, 0.4) is 0 Å². The van der Waals surface area contributed by atoms with Crippen molar-refractivity contribution >= 4 is 28.3 Å². The Morgan fingerprint density at radius 1 is 1.08 bits per heavy atom.